The summed E-state index contributed by atoms with van der Waals surface area (Å²) < 4.78 is 1.70. The molecule has 0 saturated heterocycles. The minimum Gasteiger partial charge on any atom is -0.348 e. The monoisotopic (exact) mass is 408 g/mol. The number of benzene rings is 2. The summed E-state index contributed by atoms with van der Waals surface area (Å²) in [6.45, 7) is 2.34. The number of amides is 1. The van der Waals surface area contributed by atoms with Gasteiger partial charge in [0.15, 0.2) is 0 Å². The molecule has 0 aliphatic heterocycles. The summed E-state index contributed by atoms with van der Waals surface area (Å²) in [4.78, 5) is 17.2. The van der Waals surface area contributed by atoms with Crippen LogP contribution in [0.1, 0.15) is 21.6 Å². The first kappa shape index (κ1) is 18.4. The van der Waals surface area contributed by atoms with E-state index >= 15 is 0 Å². The molecule has 0 radical (unpaired) electrons. The number of hydrogen-bond donors (Lipinski definition) is 1. The third kappa shape index (κ3) is 3.83. The maximum absolute atomic E-state index is 12.5. The molecule has 0 spiro atoms. The first-order valence-corrected chi connectivity index (χ1v) is 9.96. The van der Waals surface area contributed by atoms with Crippen molar-refractivity contribution in [3.63, 3.8) is 0 Å². The molecule has 0 atom stereocenters. The van der Waals surface area contributed by atoms with Gasteiger partial charge in [0, 0.05) is 22.5 Å². The van der Waals surface area contributed by atoms with Crippen LogP contribution in [0.3, 0.4) is 0 Å². The van der Waals surface area contributed by atoms with Crippen molar-refractivity contribution in [2.45, 2.75) is 13.5 Å². The van der Waals surface area contributed by atoms with Gasteiger partial charge in [-0.2, -0.15) is 5.10 Å². The highest BCUT2D eigenvalue weighted by molar-refractivity contribution is 7.12. The van der Waals surface area contributed by atoms with E-state index in [0.29, 0.717) is 22.3 Å². The Morgan fingerprint density at radius 3 is 2.64 bits per heavy atom. The summed E-state index contributed by atoms with van der Waals surface area (Å²) in [5.74, 6) is -0.151. The van der Waals surface area contributed by atoms with Crippen LogP contribution < -0.4 is 5.32 Å². The summed E-state index contributed by atoms with van der Waals surface area (Å²) >= 11 is 7.42. The highest BCUT2D eigenvalue weighted by atomic mass is 35.5. The van der Waals surface area contributed by atoms with Crippen LogP contribution in [0.5, 0.6) is 0 Å². The van der Waals surface area contributed by atoms with Gasteiger partial charge in [0.05, 0.1) is 23.1 Å². The summed E-state index contributed by atoms with van der Waals surface area (Å²) in [7, 11) is 0. The Kier molecular flexibility index (Phi) is 5.23. The van der Waals surface area contributed by atoms with E-state index < -0.39 is 0 Å². The minimum atomic E-state index is -0.151. The number of rotatable bonds is 5. The van der Waals surface area contributed by atoms with Crippen molar-refractivity contribution in [1.29, 1.82) is 0 Å². The normalized spacial score (nSPS) is 10.8. The highest BCUT2D eigenvalue weighted by Gasteiger charge is 2.17. The van der Waals surface area contributed by atoms with E-state index in [-0.39, 0.29) is 5.91 Å². The summed E-state index contributed by atoms with van der Waals surface area (Å²) in [5.41, 5.74) is 4.18. The predicted octanol–water partition coefficient (Wildman–Crippen LogP) is 4.89. The molecule has 2 heterocycles. The molecule has 28 heavy (non-hydrogen) atoms. The van der Waals surface area contributed by atoms with E-state index in [1.807, 2.05) is 66.9 Å². The lowest BCUT2D eigenvalue weighted by Gasteiger charge is -2.05. The lowest BCUT2D eigenvalue weighted by molar-refractivity contribution is 0.0950. The Bertz CT molecular complexity index is 1100. The second kappa shape index (κ2) is 7.96. The first-order chi connectivity index (χ1) is 13.6. The second-order valence-corrected chi connectivity index (χ2v) is 7.52. The van der Waals surface area contributed by atoms with Gasteiger partial charge in [-0.25, -0.2) is 9.67 Å². The number of thiazole rings is 1. The number of halogens is 1. The third-order valence-corrected chi connectivity index (χ3v) is 5.43. The van der Waals surface area contributed by atoms with E-state index in [9.17, 15) is 4.79 Å². The molecule has 2 aromatic carbocycles. The minimum absolute atomic E-state index is 0.151. The molecule has 0 aliphatic carbocycles. The molecule has 0 saturated carbocycles. The van der Waals surface area contributed by atoms with Gasteiger partial charge in [-0.15, -0.1) is 11.3 Å². The Balaban J connectivity index is 1.52. The van der Waals surface area contributed by atoms with Gasteiger partial charge in [-0.1, -0.05) is 54.1 Å². The van der Waals surface area contributed by atoms with Crippen molar-refractivity contribution < 1.29 is 4.79 Å². The van der Waals surface area contributed by atoms with Gasteiger partial charge in [0.1, 0.15) is 0 Å². The van der Waals surface area contributed by atoms with E-state index in [1.165, 1.54) is 11.3 Å². The number of carbonyl (C=O) groups excluding carboxylic acids is 1. The van der Waals surface area contributed by atoms with Gasteiger partial charge in [-0.3, -0.25) is 4.79 Å². The third-order valence-electron chi connectivity index (χ3n) is 4.36. The van der Waals surface area contributed by atoms with Crippen molar-refractivity contribution in [1.82, 2.24) is 20.1 Å². The van der Waals surface area contributed by atoms with Crippen molar-refractivity contribution in [3.8, 4) is 16.4 Å². The smallest absolute Gasteiger partial charge is 0.255 e. The summed E-state index contributed by atoms with van der Waals surface area (Å²) in [6.07, 6.45) is 1.58. The van der Waals surface area contributed by atoms with Gasteiger partial charge >= 0.3 is 0 Å². The summed E-state index contributed by atoms with van der Waals surface area (Å²) in [5, 5.41) is 10.7. The van der Waals surface area contributed by atoms with Gasteiger partial charge in [0.25, 0.3) is 5.91 Å². The van der Waals surface area contributed by atoms with Crippen LogP contribution in [0.25, 0.3) is 16.4 Å². The van der Waals surface area contributed by atoms with E-state index in [2.05, 4.69) is 15.4 Å². The fourth-order valence-corrected chi connectivity index (χ4v) is 3.78. The Hall–Kier alpha value is -2.96. The second-order valence-electron chi connectivity index (χ2n) is 6.25. The van der Waals surface area contributed by atoms with Gasteiger partial charge in [0.2, 0.25) is 5.13 Å². The van der Waals surface area contributed by atoms with Crippen molar-refractivity contribution in [3.05, 3.63) is 88.0 Å². The average Bonchev–Trinajstić information content (AvgIpc) is 3.34. The van der Waals surface area contributed by atoms with E-state index in [1.54, 1.807) is 10.9 Å². The molecular weight excluding hydrogens is 392 g/mol. The van der Waals surface area contributed by atoms with Crippen LogP contribution in [0.4, 0.5) is 0 Å². The molecule has 140 valence electrons. The van der Waals surface area contributed by atoms with Gasteiger partial charge < -0.3 is 5.32 Å². The SMILES string of the molecule is Cc1c(C(=O)NCc2ccccc2)cnn1-c1nc(-c2ccc(Cl)cc2)cs1. The molecule has 0 fully saturated rings. The fourth-order valence-electron chi connectivity index (χ4n) is 2.81. The number of carbonyl (C=O) groups is 1. The predicted molar refractivity (Wildman–Crippen MR) is 112 cm³/mol. The van der Waals surface area contributed by atoms with Crippen LogP contribution in [0.15, 0.2) is 66.2 Å². The molecular formula is C21H17ClN4OS. The zero-order valence-electron chi connectivity index (χ0n) is 15.1. The number of nitrogens with one attached hydrogen (secondary N) is 1. The van der Waals surface area contributed by atoms with Crippen LogP contribution in [0.2, 0.25) is 5.02 Å². The molecule has 0 bridgehead atoms. The molecule has 1 amide bonds. The van der Waals surface area contributed by atoms with Crippen LogP contribution in [0, 0.1) is 6.92 Å². The molecule has 0 unspecified atom stereocenters. The molecule has 7 heteroatoms. The Morgan fingerprint density at radius 1 is 1.14 bits per heavy atom. The molecule has 2 aromatic heterocycles. The van der Waals surface area contributed by atoms with E-state index in [4.69, 9.17) is 11.6 Å². The molecule has 5 nitrogen and oxygen atoms in total. The van der Waals surface area contributed by atoms with Crippen LogP contribution in [-0.4, -0.2) is 20.7 Å². The zero-order valence-corrected chi connectivity index (χ0v) is 16.7. The van der Waals surface area contributed by atoms with E-state index in [0.717, 1.165) is 22.5 Å². The molecule has 4 aromatic rings. The first-order valence-electron chi connectivity index (χ1n) is 8.70. The molecule has 4 rings (SSSR count). The maximum Gasteiger partial charge on any atom is 0.255 e. The lowest BCUT2D eigenvalue weighted by atomic mass is 10.2. The van der Waals surface area contributed by atoms with Crippen LogP contribution in [-0.2, 0) is 6.54 Å². The molecule has 0 aliphatic rings. The lowest BCUT2D eigenvalue weighted by Crippen LogP contribution is -2.23. The van der Waals surface area contributed by atoms with Crippen molar-refractivity contribution >= 4 is 28.8 Å². The average molecular weight is 409 g/mol. The quantitative estimate of drug-likeness (QED) is 0.511. The topological polar surface area (TPSA) is 59.8 Å². The Labute approximate surface area is 171 Å². The maximum atomic E-state index is 12.5. The summed E-state index contributed by atoms with van der Waals surface area (Å²) in [6, 6.07) is 17.3. The standard InChI is InChI=1S/C21H17ClN4OS/c1-14-18(20(27)23-11-15-5-3-2-4-6-15)12-24-26(14)21-25-19(13-28-21)16-7-9-17(22)10-8-16/h2-10,12-13H,11H2,1H3,(H,23,27). The van der Waals surface area contributed by atoms with Crippen molar-refractivity contribution in [2.24, 2.45) is 0 Å². The fraction of sp³-hybridized carbons (Fsp3) is 0.0952. The largest absolute Gasteiger partial charge is 0.348 e. The zero-order chi connectivity index (χ0) is 19.5. The molecule has 1 N–H and O–H groups in total. The number of hydrogen-bond acceptors (Lipinski definition) is 4. The van der Waals surface area contributed by atoms with Crippen molar-refractivity contribution in [2.75, 3.05) is 0 Å². The highest BCUT2D eigenvalue weighted by Crippen LogP contribution is 2.26. The van der Waals surface area contributed by atoms with Gasteiger partial charge in [-0.05, 0) is 24.6 Å². The van der Waals surface area contributed by atoms with Crippen LogP contribution >= 0.6 is 22.9 Å². The number of aromatic nitrogens is 3. The Morgan fingerprint density at radius 2 is 1.89 bits per heavy atom. The number of nitrogens with zero attached hydrogens (tertiary/aromatic N) is 3.